The van der Waals surface area contributed by atoms with Gasteiger partial charge < -0.3 is 19.9 Å². The van der Waals surface area contributed by atoms with Crippen molar-refractivity contribution in [3.05, 3.63) is 46.3 Å². The van der Waals surface area contributed by atoms with Crippen molar-refractivity contribution < 1.29 is 4.74 Å². The molecule has 7 heteroatoms. The molecule has 0 saturated carbocycles. The molecule has 0 atom stereocenters. The number of hydrogen-bond acceptors (Lipinski definition) is 5. The van der Waals surface area contributed by atoms with Gasteiger partial charge >= 0.3 is 0 Å². The number of morpholine rings is 1. The minimum absolute atomic E-state index is 0.617. The van der Waals surface area contributed by atoms with E-state index in [1.807, 2.05) is 23.6 Å². The number of anilines is 1. The molecule has 3 heterocycles. The van der Waals surface area contributed by atoms with Gasteiger partial charge in [-0.2, -0.15) is 0 Å². The lowest BCUT2D eigenvalue weighted by Gasteiger charge is -2.29. The van der Waals surface area contributed by atoms with Crippen molar-refractivity contribution in [3.8, 4) is 0 Å². The van der Waals surface area contributed by atoms with Gasteiger partial charge in [0.15, 0.2) is 5.96 Å². The summed E-state index contributed by atoms with van der Waals surface area (Å²) in [5.41, 5.74) is 1.15. The Bertz CT molecular complexity index is 713. The molecule has 146 valence electrons. The maximum atomic E-state index is 5.47. The molecule has 1 N–H and O–H groups in total. The third-order valence-electron chi connectivity index (χ3n) is 4.55. The molecule has 1 aliphatic heterocycles. The Kier molecular flexibility index (Phi) is 7.47. The molecule has 0 unspecified atom stereocenters. The van der Waals surface area contributed by atoms with E-state index in [-0.39, 0.29) is 0 Å². The highest BCUT2D eigenvalue weighted by atomic mass is 32.1. The Balaban J connectivity index is 1.67. The first kappa shape index (κ1) is 19.6. The van der Waals surface area contributed by atoms with Gasteiger partial charge in [0.25, 0.3) is 0 Å². The van der Waals surface area contributed by atoms with E-state index in [1.165, 1.54) is 4.88 Å². The monoisotopic (exact) mass is 387 g/mol. The number of thiophene rings is 1. The fourth-order valence-electron chi connectivity index (χ4n) is 3.08. The highest BCUT2D eigenvalue weighted by molar-refractivity contribution is 7.09. The fourth-order valence-corrected chi connectivity index (χ4v) is 3.78. The van der Waals surface area contributed by atoms with Crippen molar-refractivity contribution in [1.82, 2.24) is 15.2 Å². The second-order valence-electron chi connectivity index (χ2n) is 6.51. The summed E-state index contributed by atoms with van der Waals surface area (Å²) in [6.07, 6.45) is 2.89. The first-order valence-electron chi connectivity index (χ1n) is 9.56. The van der Waals surface area contributed by atoms with E-state index >= 15 is 0 Å². The number of aromatic nitrogens is 1. The summed E-state index contributed by atoms with van der Waals surface area (Å²) in [4.78, 5) is 15.4. The molecule has 0 spiro atoms. The molecular formula is C20H29N5OS. The van der Waals surface area contributed by atoms with Crippen LogP contribution in [0.15, 0.2) is 40.8 Å². The third kappa shape index (κ3) is 5.68. The minimum Gasteiger partial charge on any atom is -0.378 e. The summed E-state index contributed by atoms with van der Waals surface area (Å²) in [5.74, 6) is 1.97. The van der Waals surface area contributed by atoms with Crippen molar-refractivity contribution in [1.29, 1.82) is 0 Å². The average molecular weight is 388 g/mol. The standard InChI is InChI=1S/C20H29N5OS/c1-3-21-20(24(2)10-8-18-7-5-15-27-18)23-16-17-6-4-9-22-19(17)25-11-13-26-14-12-25/h4-7,9,15H,3,8,10-14,16H2,1-2H3,(H,21,23). The van der Waals surface area contributed by atoms with Crippen LogP contribution in [0.5, 0.6) is 0 Å². The zero-order valence-electron chi connectivity index (χ0n) is 16.2. The summed E-state index contributed by atoms with van der Waals surface area (Å²) in [7, 11) is 2.10. The van der Waals surface area contributed by atoms with Gasteiger partial charge in [-0.15, -0.1) is 11.3 Å². The van der Waals surface area contributed by atoms with Crippen molar-refractivity contribution in [3.63, 3.8) is 0 Å². The molecule has 0 bridgehead atoms. The van der Waals surface area contributed by atoms with Crippen molar-refractivity contribution >= 4 is 23.1 Å². The van der Waals surface area contributed by atoms with Crippen LogP contribution >= 0.6 is 11.3 Å². The Morgan fingerprint density at radius 2 is 2.19 bits per heavy atom. The normalized spacial score (nSPS) is 15.0. The number of guanidine groups is 1. The number of aliphatic imine (C=N–C) groups is 1. The van der Waals surface area contributed by atoms with Gasteiger partial charge in [-0.25, -0.2) is 9.98 Å². The van der Waals surface area contributed by atoms with Crippen LogP contribution in [0.2, 0.25) is 0 Å². The van der Waals surface area contributed by atoms with Crippen LogP contribution in [0.25, 0.3) is 0 Å². The number of likely N-dealkylation sites (N-methyl/N-ethyl adjacent to an activating group) is 1. The molecular weight excluding hydrogens is 358 g/mol. The van der Waals surface area contributed by atoms with Gasteiger partial charge in [0, 0.05) is 49.9 Å². The Morgan fingerprint density at radius 3 is 2.93 bits per heavy atom. The molecule has 1 aliphatic rings. The predicted octanol–water partition coefficient (Wildman–Crippen LogP) is 2.62. The zero-order chi connectivity index (χ0) is 18.9. The molecule has 3 rings (SSSR count). The number of nitrogens with zero attached hydrogens (tertiary/aromatic N) is 4. The second kappa shape index (κ2) is 10.3. The lowest BCUT2D eigenvalue weighted by molar-refractivity contribution is 0.122. The van der Waals surface area contributed by atoms with Crippen LogP contribution in [-0.2, 0) is 17.7 Å². The Hall–Kier alpha value is -2.12. The van der Waals surface area contributed by atoms with E-state index in [2.05, 4.69) is 57.7 Å². The van der Waals surface area contributed by atoms with Crippen LogP contribution in [0.4, 0.5) is 5.82 Å². The van der Waals surface area contributed by atoms with Crippen molar-refractivity contribution in [2.75, 3.05) is 51.3 Å². The molecule has 0 aliphatic carbocycles. The molecule has 1 saturated heterocycles. The molecule has 2 aromatic rings. The summed E-state index contributed by atoms with van der Waals surface area (Å²) in [6.45, 7) is 7.79. The first-order valence-corrected chi connectivity index (χ1v) is 10.4. The molecule has 6 nitrogen and oxygen atoms in total. The van der Waals surface area contributed by atoms with Crippen LogP contribution in [0, 0.1) is 0 Å². The number of rotatable bonds is 7. The number of pyridine rings is 1. The van der Waals surface area contributed by atoms with E-state index in [4.69, 9.17) is 9.73 Å². The number of ether oxygens (including phenoxy) is 1. The predicted molar refractivity (Wildman–Crippen MR) is 113 cm³/mol. The lowest BCUT2D eigenvalue weighted by Crippen LogP contribution is -2.40. The molecule has 2 aromatic heterocycles. The highest BCUT2D eigenvalue weighted by Crippen LogP contribution is 2.19. The maximum absolute atomic E-state index is 5.47. The minimum atomic E-state index is 0.617. The molecule has 1 fully saturated rings. The number of nitrogens with one attached hydrogen (secondary N) is 1. The fraction of sp³-hybridized carbons (Fsp3) is 0.500. The maximum Gasteiger partial charge on any atom is 0.193 e. The van der Waals surface area contributed by atoms with E-state index < -0.39 is 0 Å². The topological polar surface area (TPSA) is 53.0 Å². The smallest absolute Gasteiger partial charge is 0.193 e. The summed E-state index contributed by atoms with van der Waals surface area (Å²) >= 11 is 1.81. The SMILES string of the molecule is CCNC(=NCc1cccnc1N1CCOCC1)N(C)CCc1cccs1. The van der Waals surface area contributed by atoms with E-state index in [9.17, 15) is 0 Å². The average Bonchev–Trinajstić information content (AvgIpc) is 3.24. The Morgan fingerprint density at radius 1 is 1.33 bits per heavy atom. The van der Waals surface area contributed by atoms with E-state index in [1.54, 1.807) is 0 Å². The highest BCUT2D eigenvalue weighted by Gasteiger charge is 2.16. The second-order valence-corrected chi connectivity index (χ2v) is 7.54. The van der Waals surface area contributed by atoms with Crippen LogP contribution in [0.3, 0.4) is 0 Å². The molecule has 0 aromatic carbocycles. The van der Waals surface area contributed by atoms with Gasteiger partial charge in [0.05, 0.1) is 19.8 Å². The summed E-state index contributed by atoms with van der Waals surface area (Å²) in [5, 5.41) is 5.54. The lowest BCUT2D eigenvalue weighted by atomic mass is 10.2. The molecule has 27 heavy (non-hydrogen) atoms. The zero-order valence-corrected chi connectivity index (χ0v) is 17.0. The van der Waals surface area contributed by atoms with Crippen LogP contribution in [0.1, 0.15) is 17.4 Å². The number of hydrogen-bond donors (Lipinski definition) is 1. The third-order valence-corrected chi connectivity index (χ3v) is 5.48. The van der Waals surface area contributed by atoms with Crippen molar-refractivity contribution in [2.45, 2.75) is 19.9 Å². The van der Waals surface area contributed by atoms with Crippen LogP contribution in [-0.4, -0.2) is 62.3 Å². The largest absolute Gasteiger partial charge is 0.378 e. The summed E-state index contributed by atoms with van der Waals surface area (Å²) < 4.78 is 5.47. The first-order chi connectivity index (χ1) is 13.3. The van der Waals surface area contributed by atoms with E-state index in [0.717, 1.165) is 63.2 Å². The van der Waals surface area contributed by atoms with Crippen LogP contribution < -0.4 is 10.2 Å². The van der Waals surface area contributed by atoms with Gasteiger partial charge in [0.1, 0.15) is 5.82 Å². The van der Waals surface area contributed by atoms with Gasteiger partial charge in [0.2, 0.25) is 0 Å². The van der Waals surface area contributed by atoms with Crippen molar-refractivity contribution in [2.24, 2.45) is 4.99 Å². The molecule has 0 radical (unpaired) electrons. The summed E-state index contributed by atoms with van der Waals surface area (Å²) in [6, 6.07) is 8.40. The van der Waals surface area contributed by atoms with Gasteiger partial charge in [-0.05, 0) is 30.9 Å². The molecule has 0 amide bonds. The van der Waals surface area contributed by atoms with Gasteiger partial charge in [-0.1, -0.05) is 12.1 Å². The Labute approximate surface area is 165 Å². The quantitative estimate of drug-likeness (QED) is 0.585. The van der Waals surface area contributed by atoms with Gasteiger partial charge in [-0.3, -0.25) is 0 Å². The van der Waals surface area contributed by atoms with E-state index in [0.29, 0.717) is 6.54 Å².